The Balaban J connectivity index is 1.96. The number of hydrogen-bond donors (Lipinski definition) is 0. The van der Waals surface area contributed by atoms with Crippen LogP contribution in [0, 0.1) is 0 Å². The lowest BCUT2D eigenvalue weighted by Gasteiger charge is -2.35. The van der Waals surface area contributed by atoms with E-state index in [9.17, 15) is 18.0 Å². The van der Waals surface area contributed by atoms with Gasteiger partial charge in [-0.2, -0.15) is 0 Å². The summed E-state index contributed by atoms with van der Waals surface area (Å²) in [7, 11) is 0. The molecule has 0 atom stereocenters. The molecule has 0 radical (unpaired) electrons. The third kappa shape index (κ3) is 3.93. The number of anilines is 1. The third-order valence-electron chi connectivity index (χ3n) is 2.96. The zero-order valence-corrected chi connectivity index (χ0v) is 11.1. The van der Waals surface area contributed by atoms with Crippen LogP contribution in [0.1, 0.15) is 0 Å². The minimum Gasteiger partial charge on any atom is -0.406 e. The first-order valence-electron chi connectivity index (χ1n) is 5.90. The molecule has 0 aromatic heterocycles. The molecule has 0 spiro atoms. The zero-order valence-electron chi connectivity index (χ0n) is 10.4. The topological polar surface area (TPSA) is 32.8 Å². The molecule has 1 heterocycles. The second-order valence-corrected chi connectivity index (χ2v) is 4.59. The molecule has 1 saturated heterocycles. The number of alkyl halides is 3. The van der Waals surface area contributed by atoms with Crippen LogP contribution in [-0.2, 0) is 0 Å². The normalized spacial score (nSPS) is 16.2. The number of amides is 1. The highest BCUT2D eigenvalue weighted by Crippen LogP contribution is 2.25. The van der Waals surface area contributed by atoms with Gasteiger partial charge in [0.15, 0.2) is 0 Å². The molecule has 0 aliphatic carbocycles. The van der Waals surface area contributed by atoms with E-state index in [4.69, 9.17) is 11.6 Å². The largest absolute Gasteiger partial charge is 0.573 e. The molecule has 8 heteroatoms. The summed E-state index contributed by atoms with van der Waals surface area (Å²) in [6.07, 6.45) is -4.69. The molecule has 0 bridgehead atoms. The molecule has 1 aliphatic heterocycles. The average molecular weight is 309 g/mol. The monoisotopic (exact) mass is 308 g/mol. The Kier molecular flexibility index (Phi) is 4.27. The fourth-order valence-electron chi connectivity index (χ4n) is 2.00. The Morgan fingerprint density at radius 1 is 1.10 bits per heavy atom. The van der Waals surface area contributed by atoms with Gasteiger partial charge in [-0.15, -0.1) is 13.2 Å². The van der Waals surface area contributed by atoms with Crippen molar-refractivity contribution in [1.82, 2.24) is 4.90 Å². The number of hydrogen-bond acceptors (Lipinski definition) is 3. The van der Waals surface area contributed by atoms with Crippen molar-refractivity contribution in [3.8, 4) is 5.75 Å². The Hall–Kier alpha value is -1.63. The van der Waals surface area contributed by atoms with Crippen LogP contribution in [-0.4, -0.2) is 42.8 Å². The van der Waals surface area contributed by atoms with Gasteiger partial charge in [0.1, 0.15) is 5.75 Å². The minimum atomic E-state index is -4.69. The summed E-state index contributed by atoms with van der Waals surface area (Å²) in [5.41, 5.74) is 0.779. The Labute approximate surface area is 118 Å². The van der Waals surface area contributed by atoms with Crippen molar-refractivity contribution >= 4 is 22.7 Å². The number of rotatable bonds is 2. The summed E-state index contributed by atoms with van der Waals surface area (Å²) in [4.78, 5) is 14.4. The predicted molar refractivity (Wildman–Crippen MR) is 68.2 cm³/mol. The highest BCUT2D eigenvalue weighted by molar-refractivity contribution is 6.62. The van der Waals surface area contributed by atoms with Crippen molar-refractivity contribution in [3.63, 3.8) is 0 Å². The lowest BCUT2D eigenvalue weighted by atomic mass is 10.2. The number of ether oxygens (including phenoxy) is 1. The van der Waals surface area contributed by atoms with Crippen LogP contribution in [0.2, 0.25) is 0 Å². The van der Waals surface area contributed by atoms with Crippen molar-refractivity contribution in [3.05, 3.63) is 24.3 Å². The van der Waals surface area contributed by atoms with Crippen molar-refractivity contribution in [2.75, 3.05) is 31.1 Å². The summed E-state index contributed by atoms with van der Waals surface area (Å²) in [6.45, 7) is 2.14. The van der Waals surface area contributed by atoms with Gasteiger partial charge >= 0.3 is 11.7 Å². The van der Waals surface area contributed by atoms with Gasteiger partial charge in [-0.1, -0.05) is 0 Å². The molecule has 0 saturated carbocycles. The van der Waals surface area contributed by atoms with Crippen LogP contribution < -0.4 is 9.64 Å². The lowest BCUT2D eigenvalue weighted by molar-refractivity contribution is -0.274. The number of carbonyl (C=O) groups excluding carboxylic acids is 1. The molecule has 20 heavy (non-hydrogen) atoms. The number of halogens is 4. The van der Waals surface area contributed by atoms with Gasteiger partial charge in [-0.05, 0) is 35.9 Å². The maximum absolute atomic E-state index is 12.0. The first kappa shape index (κ1) is 14.8. The van der Waals surface area contributed by atoms with E-state index in [1.54, 1.807) is 12.1 Å². The van der Waals surface area contributed by atoms with Crippen LogP contribution in [0.3, 0.4) is 0 Å². The first-order valence-corrected chi connectivity index (χ1v) is 6.28. The summed E-state index contributed by atoms with van der Waals surface area (Å²) in [5.74, 6) is -0.254. The highest BCUT2D eigenvalue weighted by Gasteiger charge is 2.31. The maximum atomic E-state index is 12.0. The molecule has 1 aromatic carbocycles. The van der Waals surface area contributed by atoms with E-state index in [1.165, 1.54) is 17.0 Å². The van der Waals surface area contributed by atoms with E-state index >= 15 is 0 Å². The van der Waals surface area contributed by atoms with Crippen molar-refractivity contribution in [1.29, 1.82) is 0 Å². The molecule has 1 aromatic rings. The van der Waals surface area contributed by atoms with Crippen LogP contribution in [0.25, 0.3) is 0 Å². The molecule has 1 aliphatic rings. The van der Waals surface area contributed by atoms with Gasteiger partial charge < -0.3 is 14.5 Å². The molecule has 2 rings (SSSR count). The minimum absolute atomic E-state index is 0.254. The fourth-order valence-corrected chi connectivity index (χ4v) is 2.17. The third-order valence-corrected chi connectivity index (χ3v) is 3.20. The number of benzene rings is 1. The van der Waals surface area contributed by atoms with E-state index < -0.39 is 11.7 Å². The van der Waals surface area contributed by atoms with Crippen LogP contribution in [0.5, 0.6) is 5.75 Å². The number of nitrogens with zero attached hydrogens (tertiary/aromatic N) is 2. The smallest absolute Gasteiger partial charge is 0.406 e. The van der Waals surface area contributed by atoms with Gasteiger partial charge in [0.05, 0.1) is 0 Å². The molecule has 1 amide bonds. The number of piperazine rings is 1. The highest BCUT2D eigenvalue weighted by atomic mass is 35.5. The van der Waals surface area contributed by atoms with Crippen LogP contribution >= 0.6 is 11.6 Å². The van der Waals surface area contributed by atoms with Crippen LogP contribution in [0.15, 0.2) is 24.3 Å². The van der Waals surface area contributed by atoms with E-state index in [-0.39, 0.29) is 5.75 Å². The SMILES string of the molecule is O=C(Cl)N1CCN(c2ccc(OC(F)(F)F)cc2)CC1. The number of carbonyl (C=O) groups is 1. The van der Waals surface area contributed by atoms with E-state index in [0.29, 0.717) is 26.2 Å². The second kappa shape index (κ2) is 5.78. The Morgan fingerprint density at radius 2 is 1.65 bits per heavy atom. The molecule has 0 unspecified atom stereocenters. The van der Waals surface area contributed by atoms with Crippen molar-refractivity contribution < 1.29 is 22.7 Å². The summed E-state index contributed by atoms with van der Waals surface area (Å²) < 4.78 is 39.9. The summed E-state index contributed by atoms with van der Waals surface area (Å²) >= 11 is 5.38. The van der Waals surface area contributed by atoms with Crippen LogP contribution in [0.4, 0.5) is 23.7 Å². The molecule has 0 N–H and O–H groups in total. The quantitative estimate of drug-likeness (QED) is 0.622. The zero-order chi connectivity index (χ0) is 14.8. The van der Waals surface area contributed by atoms with E-state index in [2.05, 4.69) is 4.74 Å². The fraction of sp³-hybridized carbons (Fsp3) is 0.417. The molecular formula is C12H12ClF3N2O2. The van der Waals surface area contributed by atoms with E-state index in [1.807, 2.05) is 4.90 Å². The average Bonchev–Trinajstić information content (AvgIpc) is 2.38. The van der Waals surface area contributed by atoms with Crippen molar-refractivity contribution in [2.45, 2.75) is 6.36 Å². The van der Waals surface area contributed by atoms with Crippen molar-refractivity contribution in [2.24, 2.45) is 0 Å². The van der Waals surface area contributed by atoms with Gasteiger partial charge in [-0.3, -0.25) is 4.79 Å². The standard InChI is InChI=1S/C12H12ClF3N2O2/c13-11(19)18-7-5-17(6-8-18)9-1-3-10(4-2-9)20-12(14,15)16/h1-4H,5-8H2. The summed E-state index contributed by atoms with van der Waals surface area (Å²) in [6, 6.07) is 5.64. The first-order chi connectivity index (χ1) is 9.35. The van der Waals surface area contributed by atoms with E-state index in [0.717, 1.165) is 5.69 Å². The Morgan fingerprint density at radius 3 is 2.10 bits per heavy atom. The van der Waals surface area contributed by atoms with Gasteiger partial charge in [0, 0.05) is 31.9 Å². The van der Waals surface area contributed by atoms with Gasteiger partial charge in [0.2, 0.25) is 0 Å². The second-order valence-electron chi connectivity index (χ2n) is 4.27. The molecular weight excluding hydrogens is 297 g/mol. The maximum Gasteiger partial charge on any atom is 0.573 e. The molecule has 4 nitrogen and oxygen atoms in total. The summed E-state index contributed by atoms with van der Waals surface area (Å²) in [5, 5.41) is -0.487. The molecule has 1 fully saturated rings. The Bertz CT molecular complexity index is 471. The van der Waals surface area contributed by atoms with Gasteiger partial charge in [-0.25, -0.2) is 0 Å². The predicted octanol–water partition coefficient (Wildman–Crippen LogP) is 3.07. The van der Waals surface area contributed by atoms with Gasteiger partial charge in [0.25, 0.3) is 0 Å². The molecule has 110 valence electrons. The lowest BCUT2D eigenvalue weighted by Crippen LogP contribution is -2.47.